The van der Waals surface area contributed by atoms with Crippen molar-refractivity contribution < 1.29 is 0 Å². The summed E-state index contributed by atoms with van der Waals surface area (Å²) in [6, 6.07) is 0. The number of allylic oxidation sites excluding steroid dienone is 5. The summed E-state index contributed by atoms with van der Waals surface area (Å²) in [7, 11) is 0. The van der Waals surface area contributed by atoms with E-state index in [1.165, 1.54) is 16.7 Å². The van der Waals surface area contributed by atoms with Gasteiger partial charge in [-0.2, -0.15) is 0 Å². The van der Waals surface area contributed by atoms with Crippen molar-refractivity contribution in [2.24, 2.45) is 0 Å². The third-order valence-electron chi connectivity index (χ3n) is 1.80. The van der Waals surface area contributed by atoms with Crippen molar-refractivity contribution in [2.75, 3.05) is 0 Å². The van der Waals surface area contributed by atoms with Crippen LogP contribution in [0.5, 0.6) is 0 Å². The van der Waals surface area contributed by atoms with E-state index in [1.54, 1.807) is 0 Å². The molecule has 0 aromatic rings. The van der Waals surface area contributed by atoms with Crippen LogP contribution in [0.1, 0.15) is 20.3 Å². The van der Waals surface area contributed by atoms with E-state index < -0.39 is 0 Å². The maximum Gasteiger partial charge on any atom is -0.0157 e. The number of hydrogen-bond acceptors (Lipinski definition) is 0. The second-order valence-electron chi connectivity index (χ2n) is 2.49. The van der Waals surface area contributed by atoms with Gasteiger partial charge in [-0.05, 0) is 37.0 Å². The van der Waals surface area contributed by atoms with E-state index >= 15 is 0 Å². The second kappa shape index (κ2) is 2.22. The number of hydrogen-bond donors (Lipinski definition) is 0. The molecule has 0 spiro atoms. The molecule has 1 aliphatic rings. The van der Waals surface area contributed by atoms with Gasteiger partial charge in [0.05, 0.1) is 0 Å². The largest absolute Gasteiger partial charge is 0.0913 e. The first kappa shape index (κ1) is 6.34. The Morgan fingerprint density at radius 3 is 2.00 bits per heavy atom. The Hall–Kier alpha value is -0.780. The van der Waals surface area contributed by atoms with Crippen molar-refractivity contribution in [2.45, 2.75) is 20.3 Å². The molecule has 0 fully saturated rings. The summed E-state index contributed by atoms with van der Waals surface area (Å²) in [5.41, 5.74) is 3.85. The van der Waals surface area contributed by atoms with Crippen LogP contribution in [0.15, 0.2) is 35.5 Å². The van der Waals surface area contributed by atoms with Crippen molar-refractivity contribution >= 4 is 0 Å². The molecule has 0 atom stereocenters. The van der Waals surface area contributed by atoms with E-state index in [0.717, 1.165) is 6.42 Å². The Labute approximate surface area is 56.6 Å². The molecule has 48 valence electrons. The third-order valence-corrected chi connectivity index (χ3v) is 1.80. The van der Waals surface area contributed by atoms with E-state index in [-0.39, 0.29) is 0 Å². The molecule has 0 saturated heterocycles. The molecule has 0 N–H and O–H groups in total. The highest BCUT2D eigenvalue weighted by Gasteiger charge is 2.01. The molecule has 0 heterocycles. The summed E-state index contributed by atoms with van der Waals surface area (Å²) < 4.78 is 0. The zero-order valence-corrected chi connectivity index (χ0v) is 6.07. The van der Waals surface area contributed by atoms with E-state index in [4.69, 9.17) is 0 Å². The second-order valence-corrected chi connectivity index (χ2v) is 2.49. The topological polar surface area (TPSA) is 0 Å². The highest BCUT2D eigenvalue weighted by molar-refractivity contribution is 5.45. The summed E-state index contributed by atoms with van der Waals surface area (Å²) in [4.78, 5) is 0. The smallest absolute Gasteiger partial charge is 0.0157 e. The van der Waals surface area contributed by atoms with E-state index in [1.807, 2.05) is 0 Å². The molecular weight excluding hydrogens is 108 g/mol. The summed E-state index contributed by atoms with van der Waals surface area (Å²) in [6.45, 7) is 8.16. The summed E-state index contributed by atoms with van der Waals surface area (Å²) in [6.07, 6.45) is 5.49. The number of rotatable bonds is 0. The normalized spacial score (nSPS) is 19.1. The minimum Gasteiger partial charge on any atom is -0.0913 e. The molecule has 0 unspecified atom stereocenters. The molecule has 0 radical (unpaired) electrons. The SMILES string of the molecule is C=C1C(C)=CCC=C1C. The Morgan fingerprint density at radius 1 is 1.22 bits per heavy atom. The van der Waals surface area contributed by atoms with Gasteiger partial charge < -0.3 is 0 Å². The van der Waals surface area contributed by atoms with Gasteiger partial charge in [0.2, 0.25) is 0 Å². The maximum absolute atomic E-state index is 3.94. The van der Waals surface area contributed by atoms with Crippen LogP contribution in [0.3, 0.4) is 0 Å². The van der Waals surface area contributed by atoms with Crippen LogP contribution in [0.4, 0.5) is 0 Å². The van der Waals surface area contributed by atoms with Crippen molar-refractivity contribution in [1.29, 1.82) is 0 Å². The molecule has 0 aromatic heterocycles. The van der Waals surface area contributed by atoms with Crippen LogP contribution < -0.4 is 0 Å². The predicted molar refractivity (Wildman–Crippen MR) is 41.3 cm³/mol. The van der Waals surface area contributed by atoms with Crippen LogP contribution in [0, 0.1) is 0 Å². The minimum atomic E-state index is 1.08. The highest BCUT2D eigenvalue weighted by atomic mass is 14.1. The lowest BCUT2D eigenvalue weighted by atomic mass is 9.96. The monoisotopic (exact) mass is 120 g/mol. The third kappa shape index (κ3) is 1.13. The molecule has 0 amide bonds. The standard InChI is InChI=1S/C9H12/c1-7-5-4-6-8(2)9(7)3/h5-6H,3-4H2,1-2H3. The lowest BCUT2D eigenvalue weighted by molar-refractivity contribution is 1.19. The van der Waals surface area contributed by atoms with Crippen molar-refractivity contribution in [3.63, 3.8) is 0 Å². The van der Waals surface area contributed by atoms with Gasteiger partial charge in [-0.25, -0.2) is 0 Å². The molecule has 0 aromatic carbocycles. The minimum absolute atomic E-state index is 1.08. The van der Waals surface area contributed by atoms with Gasteiger partial charge in [-0.3, -0.25) is 0 Å². The fourth-order valence-corrected chi connectivity index (χ4v) is 0.970. The first-order valence-corrected chi connectivity index (χ1v) is 3.25. The van der Waals surface area contributed by atoms with Crippen molar-refractivity contribution in [1.82, 2.24) is 0 Å². The van der Waals surface area contributed by atoms with Crippen LogP contribution >= 0.6 is 0 Å². The molecule has 1 aliphatic carbocycles. The van der Waals surface area contributed by atoms with Crippen molar-refractivity contribution in [3.05, 3.63) is 35.5 Å². The van der Waals surface area contributed by atoms with Gasteiger partial charge in [0.1, 0.15) is 0 Å². The Morgan fingerprint density at radius 2 is 1.67 bits per heavy atom. The van der Waals surface area contributed by atoms with Crippen LogP contribution in [0.2, 0.25) is 0 Å². The Kier molecular flexibility index (Phi) is 1.56. The first-order valence-electron chi connectivity index (χ1n) is 3.25. The van der Waals surface area contributed by atoms with Gasteiger partial charge in [-0.15, -0.1) is 0 Å². The highest BCUT2D eigenvalue weighted by Crippen LogP contribution is 2.21. The van der Waals surface area contributed by atoms with Gasteiger partial charge in [-0.1, -0.05) is 18.7 Å². The molecule has 9 heavy (non-hydrogen) atoms. The summed E-state index contributed by atoms with van der Waals surface area (Å²) in [5.74, 6) is 0. The first-order chi connectivity index (χ1) is 4.22. The van der Waals surface area contributed by atoms with E-state index in [0.29, 0.717) is 0 Å². The molecule has 0 bridgehead atoms. The van der Waals surface area contributed by atoms with Gasteiger partial charge >= 0.3 is 0 Å². The van der Waals surface area contributed by atoms with E-state index in [9.17, 15) is 0 Å². The maximum atomic E-state index is 3.94. The lowest BCUT2D eigenvalue weighted by Crippen LogP contribution is -1.90. The van der Waals surface area contributed by atoms with Gasteiger partial charge in [0.25, 0.3) is 0 Å². The molecule has 1 rings (SSSR count). The fraction of sp³-hybridized carbons (Fsp3) is 0.333. The Bertz CT molecular complexity index is 172. The molecule has 0 saturated carbocycles. The Balaban J connectivity index is 2.86. The van der Waals surface area contributed by atoms with Gasteiger partial charge in [0, 0.05) is 0 Å². The van der Waals surface area contributed by atoms with Crippen LogP contribution in [-0.4, -0.2) is 0 Å². The average molecular weight is 120 g/mol. The average Bonchev–Trinajstić information content (AvgIpc) is 1.83. The molecule has 0 aliphatic heterocycles. The summed E-state index contributed by atoms with van der Waals surface area (Å²) in [5, 5.41) is 0. The zero-order chi connectivity index (χ0) is 6.85. The quantitative estimate of drug-likeness (QED) is 0.461. The molecule has 0 nitrogen and oxygen atoms in total. The fourth-order valence-electron chi connectivity index (χ4n) is 0.970. The zero-order valence-electron chi connectivity index (χ0n) is 6.07. The van der Waals surface area contributed by atoms with Crippen LogP contribution in [-0.2, 0) is 0 Å². The van der Waals surface area contributed by atoms with Crippen LogP contribution in [0.25, 0.3) is 0 Å². The molecular formula is C9H12. The van der Waals surface area contributed by atoms with Crippen molar-refractivity contribution in [3.8, 4) is 0 Å². The lowest BCUT2D eigenvalue weighted by Gasteiger charge is -2.10. The molecule has 0 heteroatoms. The van der Waals surface area contributed by atoms with E-state index in [2.05, 4.69) is 32.6 Å². The predicted octanol–water partition coefficient (Wildman–Crippen LogP) is 2.84. The van der Waals surface area contributed by atoms with Gasteiger partial charge in [0.15, 0.2) is 0 Å². The summed E-state index contributed by atoms with van der Waals surface area (Å²) >= 11 is 0.